The molecule has 0 N–H and O–H groups in total. The van der Waals surface area contributed by atoms with Crippen LogP contribution < -0.4 is 4.74 Å². The second kappa shape index (κ2) is 9.73. The monoisotopic (exact) mass is 373 g/mol. The molecule has 0 saturated heterocycles. The van der Waals surface area contributed by atoms with Gasteiger partial charge in [-0.25, -0.2) is 4.98 Å². The van der Waals surface area contributed by atoms with Crippen LogP contribution in [0.3, 0.4) is 0 Å². The SMILES string of the molecule is c1ccc2nc(COc3ccc(C4CCCCCCCCC4)cc3)ccc2c1. The molecule has 2 nitrogen and oxygen atoms in total. The van der Waals surface area contributed by atoms with Gasteiger partial charge in [0.05, 0.1) is 11.2 Å². The zero-order chi connectivity index (χ0) is 19.0. The summed E-state index contributed by atoms with van der Waals surface area (Å²) in [4.78, 5) is 4.69. The maximum Gasteiger partial charge on any atom is 0.130 e. The van der Waals surface area contributed by atoms with E-state index in [2.05, 4.69) is 42.5 Å². The van der Waals surface area contributed by atoms with Gasteiger partial charge in [0.2, 0.25) is 0 Å². The average molecular weight is 374 g/mol. The Bertz CT molecular complexity index is 861. The van der Waals surface area contributed by atoms with Crippen LogP contribution in [0.15, 0.2) is 60.7 Å². The topological polar surface area (TPSA) is 22.1 Å². The Hall–Kier alpha value is -2.35. The van der Waals surface area contributed by atoms with Crippen molar-refractivity contribution in [1.82, 2.24) is 4.98 Å². The van der Waals surface area contributed by atoms with Crippen LogP contribution in [-0.4, -0.2) is 4.98 Å². The minimum absolute atomic E-state index is 0.508. The molecule has 1 aromatic heterocycles. The highest BCUT2D eigenvalue weighted by molar-refractivity contribution is 5.78. The van der Waals surface area contributed by atoms with E-state index in [9.17, 15) is 0 Å². The molecule has 0 amide bonds. The summed E-state index contributed by atoms with van der Waals surface area (Å²) in [5.74, 6) is 1.65. The number of aromatic nitrogens is 1. The fourth-order valence-corrected chi connectivity index (χ4v) is 4.33. The predicted octanol–water partition coefficient (Wildman–Crippen LogP) is 7.42. The first-order valence-electron chi connectivity index (χ1n) is 11.0. The van der Waals surface area contributed by atoms with Crippen molar-refractivity contribution in [3.63, 3.8) is 0 Å². The van der Waals surface area contributed by atoms with E-state index < -0.39 is 0 Å². The Labute approximate surface area is 169 Å². The zero-order valence-electron chi connectivity index (χ0n) is 16.8. The molecule has 28 heavy (non-hydrogen) atoms. The molecule has 0 spiro atoms. The van der Waals surface area contributed by atoms with E-state index in [-0.39, 0.29) is 0 Å². The van der Waals surface area contributed by atoms with Crippen LogP contribution in [0.25, 0.3) is 10.9 Å². The largest absolute Gasteiger partial charge is 0.487 e. The summed E-state index contributed by atoms with van der Waals surface area (Å²) < 4.78 is 6.00. The highest BCUT2D eigenvalue weighted by Gasteiger charge is 2.12. The smallest absolute Gasteiger partial charge is 0.130 e. The van der Waals surface area contributed by atoms with Gasteiger partial charge in [0, 0.05) is 5.39 Å². The lowest BCUT2D eigenvalue weighted by Crippen LogP contribution is -2.02. The first kappa shape index (κ1) is 19.0. The molecule has 0 bridgehead atoms. The van der Waals surface area contributed by atoms with Gasteiger partial charge in [-0.3, -0.25) is 0 Å². The van der Waals surface area contributed by atoms with Gasteiger partial charge in [0.25, 0.3) is 0 Å². The van der Waals surface area contributed by atoms with Crippen LogP contribution in [0.2, 0.25) is 0 Å². The number of pyridine rings is 1. The van der Waals surface area contributed by atoms with Crippen LogP contribution in [0.5, 0.6) is 5.75 Å². The first-order valence-corrected chi connectivity index (χ1v) is 11.0. The lowest BCUT2D eigenvalue weighted by Gasteiger charge is -2.19. The van der Waals surface area contributed by atoms with Gasteiger partial charge in [-0.1, -0.05) is 81.3 Å². The Morgan fingerprint density at radius 2 is 1.39 bits per heavy atom. The predicted molar refractivity (Wildman–Crippen MR) is 117 cm³/mol. The van der Waals surface area contributed by atoms with Crippen LogP contribution >= 0.6 is 0 Å². The molecule has 1 saturated carbocycles. The van der Waals surface area contributed by atoms with Crippen molar-refractivity contribution in [2.45, 2.75) is 70.3 Å². The molecule has 2 aromatic carbocycles. The number of fused-ring (bicyclic) bond motifs is 1. The van der Waals surface area contributed by atoms with Gasteiger partial charge in [0.15, 0.2) is 0 Å². The molecule has 4 rings (SSSR count). The third-order valence-corrected chi connectivity index (χ3v) is 6.00. The van der Waals surface area contributed by atoms with Gasteiger partial charge < -0.3 is 4.74 Å². The van der Waals surface area contributed by atoms with Crippen molar-refractivity contribution in [1.29, 1.82) is 0 Å². The van der Waals surface area contributed by atoms with E-state index in [1.54, 1.807) is 0 Å². The average Bonchev–Trinajstić information content (AvgIpc) is 2.76. The van der Waals surface area contributed by atoms with Crippen molar-refractivity contribution >= 4 is 10.9 Å². The van der Waals surface area contributed by atoms with Crippen LogP contribution in [0, 0.1) is 0 Å². The maximum absolute atomic E-state index is 6.00. The van der Waals surface area contributed by atoms with E-state index in [4.69, 9.17) is 9.72 Å². The van der Waals surface area contributed by atoms with Gasteiger partial charge in [0.1, 0.15) is 12.4 Å². The van der Waals surface area contributed by atoms with Gasteiger partial charge >= 0.3 is 0 Å². The Balaban J connectivity index is 1.36. The molecule has 0 aliphatic heterocycles. The van der Waals surface area contributed by atoms with Gasteiger partial charge in [-0.15, -0.1) is 0 Å². The molecular weight excluding hydrogens is 342 g/mol. The molecule has 3 aromatic rings. The summed E-state index contributed by atoms with van der Waals surface area (Å²) in [7, 11) is 0. The van der Waals surface area contributed by atoms with Crippen LogP contribution in [0.4, 0.5) is 0 Å². The summed E-state index contributed by atoms with van der Waals surface area (Å²) in [6.45, 7) is 0.508. The highest BCUT2D eigenvalue weighted by Crippen LogP contribution is 2.31. The number of hydrogen-bond acceptors (Lipinski definition) is 2. The number of benzene rings is 2. The Morgan fingerprint density at radius 3 is 2.14 bits per heavy atom. The summed E-state index contributed by atoms with van der Waals surface area (Å²) >= 11 is 0. The summed E-state index contributed by atoms with van der Waals surface area (Å²) in [5.41, 5.74) is 3.47. The van der Waals surface area contributed by atoms with E-state index in [1.165, 1.54) is 68.7 Å². The van der Waals surface area contributed by atoms with Crippen molar-refractivity contribution < 1.29 is 4.74 Å². The number of nitrogens with zero attached hydrogens (tertiary/aromatic N) is 1. The summed E-state index contributed by atoms with van der Waals surface area (Å²) in [5, 5.41) is 1.17. The molecule has 0 unspecified atom stereocenters. The van der Waals surface area contributed by atoms with Crippen molar-refractivity contribution in [3.05, 3.63) is 71.9 Å². The second-order valence-corrected chi connectivity index (χ2v) is 8.10. The van der Waals surface area contributed by atoms with Crippen LogP contribution in [-0.2, 0) is 6.61 Å². The van der Waals surface area contributed by atoms with E-state index in [0.29, 0.717) is 12.5 Å². The highest BCUT2D eigenvalue weighted by atomic mass is 16.5. The van der Waals surface area contributed by atoms with Crippen molar-refractivity contribution in [2.24, 2.45) is 0 Å². The summed E-state index contributed by atoms with van der Waals surface area (Å²) in [6, 6.07) is 21.2. The van der Waals surface area contributed by atoms with Crippen LogP contribution in [0.1, 0.15) is 75.0 Å². The molecule has 1 aliphatic carbocycles. The third-order valence-electron chi connectivity index (χ3n) is 6.00. The Morgan fingerprint density at radius 1 is 0.714 bits per heavy atom. The fraction of sp³-hybridized carbons (Fsp3) is 0.423. The quantitative estimate of drug-likeness (QED) is 0.474. The van der Waals surface area contributed by atoms with Gasteiger partial charge in [-0.05, 0) is 48.6 Å². The van der Waals surface area contributed by atoms with Crippen molar-refractivity contribution in [3.8, 4) is 5.75 Å². The minimum Gasteiger partial charge on any atom is -0.487 e. The molecular formula is C26H31NO. The third kappa shape index (κ3) is 5.13. The summed E-state index contributed by atoms with van der Waals surface area (Å²) in [6.07, 6.45) is 12.5. The number of hydrogen-bond donors (Lipinski definition) is 0. The molecule has 1 heterocycles. The Kier molecular flexibility index (Phi) is 6.60. The number of ether oxygens (including phenoxy) is 1. The molecule has 1 aliphatic rings. The lowest BCUT2D eigenvalue weighted by molar-refractivity contribution is 0.301. The second-order valence-electron chi connectivity index (χ2n) is 8.10. The molecule has 0 atom stereocenters. The van der Waals surface area contributed by atoms with E-state index in [0.717, 1.165) is 17.0 Å². The normalized spacial score (nSPS) is 16.7. The van der Waals surface area contributed by atoms with E-state index in [1.807, 2.05) is 18.2 Å². The molecule has 2 heteroatoms. The number of rotatable bonds is 4. The maximum atomic E-state index is 6.00. The van der Waals surface area contributed by atoms with Gasteiger partial charge in [-0.2, -0.15) is 0 Å². The first-order chi connectivity index (χ1) is 13.9. The fourth-order valence-electron chi connectivity index (χ4n) is 4.33. The van der Waals surface area contributed by atoms with Crippen molar-refractivity contribution in [2.75, 3.05) is 0 Å². The minimum atomic E-state index is 0.508. The number of para-hydroxylation sites is 1. The lowest BCUT2D eigenvalue weighted by atomic mass is 9.87. The molecule has 146 valence electrons. The zero-order valence-corrected chi connectivity index (χ0v) is 16.8. The molecule has 0 radical (unpaired) electrons. The molecule has 1 fully saturated rings. The van der Waals surface area contributed by atoms with E-state index >= 15 is 0 Å². The standard InChI is InChI=1S/C26H31NO/c1-2-4-6-10-21(11-7-5-3-1)22-15-18-25(19-16-22)28-20-24-17-14-23-12-8-9-13-26(23)27-24/h8-9,12-19,21H,1-7,10-11,20H2.